The SMILES string of the molecule is COc1cc(C2NN=C3CCNCC32)cc(OC)c1OCc1ccccc1. The Morgan fingerprint density at radius 2 is 1.81 bits per heavy atom. The highest BCUT2D eigenvalue weighted by Gasteiger charge is 2.35. The fourth-order valence-corrected chi connectivity index (χ4v) is 3.73. The third-order valence-corrected chi connectivity index (χ3v) is 5.17. The van der Waals surface area contributed by atoms with E-state index in [0.717, 1.165) is 30.6 Å². The molecular formula is C21H25N3O3. The van der Waals surface area contributed by atoms with E-state index >= 15 is 0 Å². The van der Waals surface area contributed by atoms with Crippen molar-refractivity contribution in [2.45, 2.75) is 19.1 Å². The van der Waals surface area contributed by atoms with Crippen molar-refractivity contribution in [3.63, 3.8) is 0 Å². The summed E-state index contributed by atoms with van der Waals surface area (Å²) in [6.45, 7) is 2.37. The van der Waals surface area contributed by atoms with Gasteiger partial charge in [0.05, 0.1) is 20.3 Å². The quantitative estimate of drug-likeness (QED) is 0.822. The molecule has 0 spiro atoms. The molecule has 2 atom stereocenters. The molecule has 142 valence electrons. The number of ether oxygens (including phenoxy) is 3. The van der Waals surface area contributed by atoms with Gasteiger partial charge in [0.25, 0.3) is 0 Å². The molecule has 0 aliphatic carbocycles. The van der Waals surface area contributed by atoms with E-state index in [2.05, 4.69) is 15.8 Å². The summed E-state index contributed by atoms with van der Waals surface area (Å²) in [7, 11) is 3.31. The topological polar surface area (TPSA) is 64.1 Å². The summed E-state index contributed by atoms with van der Waals surface area (Å²) in [6.07, 6.45) is 0.987. The first-order valence-corrected chi connectivity index (χ1v) is 9.25. The average Bonchev–Trinajstić information content (AvgIpc) is 3.16. The fraction of sp³-hybridized carbons (Fsp3) is 0.381. The van der Waals surface area contributed by atoms with Crippen LogP contribution in [0.25, 0.3) is 0 Å². The summed E-state index contributed by atoms with van der Waals surface area (Å²) in [5, 5.41) is 7.99. The molecule has 0 bridgehead atoms. The van der Waals surface area contributed by atoms with Crippen LogP contribution in [0.4, 0.5) is 0 Å². The average molecular weight is 367 g/mol. The van der Waals surface area contributed by atoms with Gasteiger partial charge in [-0.1, -0.05) is 30.3 Å². The molecule has 1 saturated heterocycles. The molecular weight excluding hydrogens is 342 g/mol. The Balaban J connectivity index is 1.60. The molecule has 2 aromatic carbocycles. The third kappa shape index (κ3) is 3.57. The highest BCUT2D eigenvalue weighted by Crippen LogP contribution is 2.42. The lowest BCUT2D eigenvalue weighted by molar-refractivity contribution is 0.265. The van der Waals surface area contributed by atoms with Crippen LogP contribution in [0.1, 0.15) is 23.6 Å². The minimum Gasteiger partial charge on any atom is -0.493 e. The minimum absolute atomic E-state index is 0.110. The zero-order chi connectivity index (χ0) is 18.6. The van der Waals surface area contributed by atoms with Crippen LogP contribution in [0.3, 0.4) is 0 Å². The van der Waals surface area contributed by atoms with Crippen LogP contribution >= 0.6 is 0 Å². The molecule has 27 heavy (non-hydrogen) atoms. The molecule has 2 heterocycles. The van der Waals surface area contributed by atoms with Crippen LogP contribution < -0.4 is 25.0 Å². The number of hydrogen-bond donors (Lipinski definition) is 2. The van der Waals surface area contributed by atoms with Gasteiger partial charge < -0.3 is 25.0 Å². The van der Waals surface area contributed by atoms with Crippen LogP contribution in [0, 0.1) is 5.92 Å². The van der Waals surface area contributed by atoms with Crippen LogP contribution in [-0.4, -0.2) is 33.0 Å². The molecule has 2 N–H and O–H groups in total. The van der Waals surface area contributed by atoms with Gasteiger partial charge in [0.2, 0.25) is 5.75 Å². The Morgan fingerprint density at radius 3 is 2.52 bits per heavy atom. The molecule has 1 fully saturated rings. The molecule has 4 rings (SSSR count). The molecule has 2 aliphatic rings. The zero-order valence-corrected chi connectivity index (χ0v) is 15.7. The molecule has 0 aromatic heterocycles. The Labute approximate surface area is 159 Å². The lowest BCUT2D eigenvalue weighted by Gasteiger charge is -2.26. The second kappa shape index (κ2) is 7.88. The summed E-state index contributed by atoms with van der Waals surface area (Å²) in [6, 6.07) is 14.2. The molecule has 6 nitrogen and oxygen atoms in total. The summed E-state index contributed by atoms with van der Waals surface area (Å²) in [5.74, 6) is 2.30. The van der Waals surface area contributed by atoms with Gasteiger partial charge in [-0.3, -0.25) is 0 Å². The van der Waals surface area contributed by atoms with Gasteiger partial charge in [-0.2, -0.15) is 5.10 Å². The molecule has 2 unspecified atom stereocenters. The lowest BCUT2D eigenvalue weighted by atomic mass is 9.87. The van der Waals surface area contributed by atoms with Crippen molar-refractivity contribution in [2.24, 2.45) is 11.0 Å². The van der Waals surface area contributed by atoms with E-state index in [4.69, 9.17) is 14.2 Å². The van der Waals surface area contributed by atoms with Gasteiger partial charge in [0, 0.05) is 31.1 Å². The largest absolute Gasteiger partial charge is 0.493 e. The molecule has 0 amide bonds. The summed E-state index contributed by atoms with van der Waals surface area (Å²) in [4.78, 5) is 0. The predicted octanol–water partition coefficient (Wildman–Crippen LogP) is 2.89. The maximum absolute atomic E-state index is 6.05. The number of nitrogens with zero attached hydrogens (tertiary/aromatic N) is 1. The first-order chi connectivity index (χ1) is 13.3. The Kier molecular flexibility index (Phi) is 5.16. The molecule has 2 aliphatic heterocycles. The number of rotatable bonds is 6. The number of methoxy groups -OCH3 is 2. The highest BCUT2D eigenvalue weighted by molar-refractivity contribution is 5.90. The van der Waals surface area contributed by atoms with E-state index in [-0.39, 0.29) is 6.04 Å². The lowest BCUT2D eigenvalue weighted by Crippen LogP contribution is -2.38. The van der Waals surface area contributed by atoms with E-state index in [1.54, 1.807) is 14.2 Å². The number of hydrogen-bond acceptors (Lipinski definition) is 6. The predicted molar refractivity (Wildman–Crippen MR) is 105 cm³/mol. The minimum atomic E-state index is 0.110. The van der Waals surface area contributed by atoms with Gasteiger partial charge in [-0.15, -0.1) is 0 Å². The van der Waals surface area contributed by atoms with Gasteiger partial charge >= 0.3 is 0 Å². The summed E-state index contributed by atoms with van der Waals surface area (Å²) < 4.78 is 17.3. The van der Waals surface area contributed by atoms with Gasteiger partial charge in [-0.25, -0.2) is 0 Å². The standard InChI is InChI=1S/C21H25N3O3/c1-25-18-10-15(20-16-12-22-9-8-17(16)23-24-20)11-19(26-2)21(18)27-13-14-6-4-3-5-7-14/h3-7,10-11,16,20,22,24H,8-9,12-13H2,1-2H3. The Hall–Kier alpha value is -2.73. The molecule has 6 heteroatoms. The van der Waals surface area contributed by atoms with Crippen LogP contribution in [0.2, 0.25) is 0 Å². The first kappa shape index (κ1) is 17.7. The number of nitrogens with one attached hydrogen (secondary N) is 2. The maximum atomic E-state index is 6.05. The van der Waals surface area contributed by atoms with E-state index in [9.17, 15) is 0 Å². The first-order valence-electron chi connectivity index (χ1n) is 9.25. The Bertz CT molecular complexity index is 798. The van der Waals surface area contributed by atoms with Crippen molar-refractivity contribution in [1.29, 1.82) is 0 Å². The van der Waals surface area contributed by atoms with Gasteiger partial charge in [-0.05, 0) is 23.3 Å². The Morgan fingerprint density at radius 1 is 1.07 bits per heavy atom. The van der Waals surface area contributed by atoms with E-state index in [1.807, 2.05) is 42.5 Å². The van der Waals surface area contributed by atoms with E-state index in [1.165, 1.54) is 5.71 Å². The second-order valence-electron chi connectivity index (χ2n) is 6.80. The number of piperidine rings is 1. The fourth-order valence-electron chi connectivity index (χ4n) is 3.73. The zero-order valence-electron chi connectivity index (χ0n) is 15.7. The number of benzene rings is 2. The smallest absolute Gasteiger partial charge is 0.203 e. The van der Waals surface area contributed by atoms with Crippen molar-refractivity contribution < 1.29 is 14.2 Å². The van der Waals surface area contributed by atoms with Crippen molar-refractivity contribution in [1.82, 2.24) is 10.7 Å². The van der Waals surface area contributed by atoms with Crippen LogP contribution in [-0.2, 0) is 6.61 Å². The van der Waals surface area contributed by atoms with Crippen molar-refractivity contribution >= 4 is 5.71 Å². The van der Waals surface area contributed by atoms with Crippen molar-refractivity contribution in [3.8, 4) is 17.2 Å². The van der Waals surface area contributed by atoms with Crippen molar-refractivity contribution in [3.05, 3.63) is 53.6 Å². The number of hydrazone groups is 1. The molecule has 0 radical (unpaired) electrons. The number of fused-ring (bicyclic) bond motifs is 1. The summed E-state index contributed by atoms with van der Waals surface area (Å²) >= 11 is 0. The molecule has 2 aromatic rings. The van der Waals surface area contributed by atoms with Gasteiger partial charge in [0.1, 0.15) is 6.61 Å². The second-order valence-corrected chi connectivity index (χ2v) is 6.80. The van der Waals surface area contributed by atoms with Crippen molar-refractivity contribution in [2.75, 3.05) is 27.3 Å². The monoisotopic (exact) mass is 367 g/mol. The normalized spacial score (nSPS) is 21.0. The van der Waals surface area contributed by atoms with Crippen LogP contribution in [0.15, 0.2) is 47.6 Å². The maximum Gasteiger partial charge on any atom is 0.203 e. The molecule has 0 saturated carbocycles. The van der Waals surface area contributed by atoms with E-state index in [0.29, 0.717) is 29.8 Å². The van der Waals surface area contributed by atoms with E-state index < -0.39 is 0 Å². The third-order valence-electron chi connectivity index (χ3n) is 5.17. The van der Waals surface area contributed by atoms with Crippen LogP contribution in [0.5, 0.6) is 17.2 Å². The highest BCUT2D eigenvalue weighted by atomic mass is 16.5. The van der Waals surface area contributed by atoms with Gasteiger partial charge in [0.15, 0.2) is 11.5 Å². The summed E-state index contributed by atoms with van der Waals surface area (Å²) in [5.41, 5.74) is 6.71.